The van der Waals surface area contributed by atoms with Crippen molar-refractivity contribution in [3.63, 3.8) is 0 Å². The number of amides is 3. The topological polar surface area (TPSA) is 66.5 Å². The molecule has 0 radical (unpaired) electrons. The van der Waals surface area contributed by atoms with Gasteiger partial charge in [-0.3, -0.25) is 19.3 Å². The van der Waals surface area contributed by atoms with Gasteiger partial charge in [-0.1, -0.05) is 37.9 Å². The molecule has 3 amide bonds. The minimum Gasteiger partial charge on any atom is -0.322 e. The highest BCUT2D eigenvalue weighted by Crippen LogP contribution is 2.44. The summed E-state index contributed by atoms with van der Waals surface area (Å²) in [4.78, 5) is 40.1. The van der Waals surface area contributed by atoms with Crippen LogP contribution in [0, 0.1) is 25.7 Å². The van der Waals surface area contributed by atoms with Gasteiger partial charge in [0.25, 0.3) is 5.91 Å². The zero-order valence-electron chi connectivity index (χ0n) is 16.7. The predicted molar refractivity (Wildman–Crippen MR) is 124 cm³/mol. The van der Waals surface area contributed by atoms with E-state index in [0.717, 1.165) is 16.8 Å². The van der Waals surface area contributed by atoms with Crippen LogP contribution >= 0.6 is 31.9 Å². The van der Waals surface area contributed by atoms with E-state index in [1.54, 1.807) is 24.3 Å². The molecule has 1 heterocycles. The maximum atomic E-state index is 12.9. The van der Waals surface area contributed by atoms with E-state index in [1.807, 2.05) is 32.0 Å². The molecule has 4 rings (SSSR count). The first-order chi connectivity index (χ1) is 14.2. The van der Waals surface area contributed by atoms with E-state index in [1.165, 1.54) is 4.90 Å². The van der Waals surface area contributed by atoms with Crippen LogP contribution in [0.2, 0.25) is 0 Å². The predicted octanol–water partition coefficient (Wildman–Crippen LogP) is 4.98. The molecule has 2 aromatic rings. The first-order valence-corrected chi connectivity index (χ1v) is 11.7. The Morgan fingerprint density at radius 1 is 0.900 bits per heavy atom. The molecule has 1 aliphatic carbocycles. The van der Waals surface area contributed by atoms with Crippen molar-refractivity contribution in [3.05, 3.63) is 59.2 Å². The summed E-state index contributed by atoms with van der Waals surface area (Å²) in [5.41, 5.74) is 3.87. The number of aryl methyl sites for hydroxylation is 2. The van der Waals surface area contributed by atoms with E-state index in [-0.39, 0.29) is 39.2 Å². The Bertz CT molecular complexity index is 973. The molecular weight excluding hydrogens is 512 g/mol. The third kappa shape index (κ3) is 3.97. The Balaban J connectivity index is 1.51. The summed E-state index contributed by atoms with van der Waals surface area (Å²) in [5, 5.41) is 2.90. The lowest BCUT2D eigenvalue weighted by Gasteiger charge is -2.29. The van der Waals surface area contributed by atoms with Crippen LogP contribution in [-0.2, 0) is 9.59 Å². The average molecular weight is 534 g/mol. The Kier molecular flexibility index (Phi) is 5.86. The van der Waals surface area contributed by atoms with E-state index >= 15 is 0 Å². The van der Waals surface area contributed by atoms with Crippen molar-refractivity contribution in [2.45, 2.75) is 36.3 Å². The van der Waals surface area contributed by atoms with Gasteiger partial charge in [0.2, 0.25) is 11.8 Å². The third-order valence-corrected chi connectivity index (χ3v) is 8.51. The molecule has 1 saturated carbocycles. The second-order valence-corrected chi connectivity index (χ2v) is 10.5. The van der Waals surface area contributed by atoms with Crippen LogP contribution in [0.3, 0.4) is 0 Å². The van der Waals surface area contributed by atoms with Gasteiger partial charge in [-0.25, -0.2) is 0 Å². The first-order valence-electron chi connectivity index (χ1n) is 9.90. The van der Waals surface area contributed by atoms with Crippen molar-refractivity contribution in [3.8, 4) is 0 Å². The Morgan fingerprint density at radius 2 is 1.40 bits per heavy atom. The largest absolute Gasteiger partial charge is 0.322 e. The normalized spacial score (nSPS) is 25.9. The summed E-state index contributed by atoms with van der Waals surface area (Å²) in [6, 6.07) is 12.5. The van der Waals surface area contributed by atoms with E-state index < -0.39 is 0 Å². The van der Waals surface area contributed by atoms with Gasteiger partial charge >= 0.3 is 0 Å². The second kappa shape index (κ2) is 8.27. The summed E-state index contributed by atoms with van der Waals surface area (Å²) in [7, 11) is 0. The van der Waals surface area contributed by atoms with Crippen LogP contribution in [0.25, 0.3) is 0 Å². The fourth-order valence-electron chi connectivity index (χ4n) is 4.36. The Labute approximate surface area is 192 Å². The molecule has 2 aromatic carbocycles. The molecule has 1 aliphatic heterocycles. The summed E-state index contributed by atoms with van der Waals surface area (Å²) in [6.45, 7) is 3.96. The molecule has 0 bridgehead atoms. The molecule has 156 valence electrons. The summed E-state index contributed by atoms with van der Waals surface area (Å²) >= 11 is 7.20. The van der Waals surface area contributed by atoms with Crippen LogP contribution in [0.15, 0.2) is 42.5 Å². The van der Waals surface area contributed by atoms with Gasteiger partial charge in [-0.05, 0) is 74.2 Å². The quantitative estimate of drug-likeness (QED) is 0.447. The van der Waals surface area contributed by atoms with Gasteiger partial charge in [0, 0.05) is 20.9 Å². The van der Waals surface area contributed by atoms with Gasteiger partial charge in [0.05, 0.1) is 17.5 Å². The Hall–Kier alpha value is -1.99. The van der Waals surface area contributed by atoms with E-state index in [2.05, 4.69) is 37.2 Å². The zero-order chi connectivity index (χ0) is 21.6. The van der Waals surface area contributed by atoms with E-state index in [0.29, 0.717) is 24.1 Å². The average Bonchev–Trinajstić information content (AvgIpc) is 2.91. The van der Waals surface area contributed by atoms with Crippen molar-refractivity contribution in [1.82, 2.24) is 0 Å². The number of hydrogen-bond acceptors (Lipinski definition) is 3. The Morgan fingerprint density at radius 3 is 1.90 bits per heavy atom. The van der Waals surface area contributed by atoms with Gasteiger partial charge in [0.1, 0.15) is 0 Å². The van der Waals surface area contributed by atoms with Gasteiger partial charge in [0.15, 0.2) is 0 Å². The summed E-state index contributed by atoms with van der Waals surface area (Å²) in [5.74, 6) is -1.11. The molecule has 5 nitrogen and oxygen atoms in total. The number of rotatable bonds is 3. The smallest absolute Gasteiger partial charge is 0.255 e. The number of hydrogen-bond donors (Lipinski definition) is 1. The molecule has 7 heteroatoms. The van der Waals surface area contributed by atoms with Gasteiger partial charge in [-0.15, -0.1) is 0 Å². The lowest BCUT2D eigenvalue weighted by Crippen LogP contribution is -2.34. The SMILES string of the molecule is Cc1cc(C)cc(NC(=O)c2ccc(N3C(=O)[C@H]4C[C@@H](Br)[C@@H](Br)C[C@H]4C3=O)cc2)c1. The number of carbonyl (C=O) groups is 3. The number of fused-ring (bicyclic) bond motifs is 1. The van der Waals surface area contributed by atoms with Crippen LogP contribution in [0.4, 0.5) is 11.4 Å². The lowest BCUT2D eigenvalue weighted by atomic mass is 9.81. The van der Waals surface area contributed by atoms with E-state index in [9.17, 15) is 14.4 Å². The minimum atomic E-state index is -0.289. The monoisotopic (exact) mass is 532 g/mol. The first kappa shape index (κ1) is 21.2. The maximum Gasteiger partial charge on any atom is 0.255 e. The highest BCUT2D eigenvalue weighted by atomic mass is 79.9. The number of nitrogens with zero attached hydrogens (tertiary/aromatic N) is 1. The molecule has 1 N–H and O–H groups in total. The van der Waals surface area contributed by atoms with Gasteiger partial charge in [-0.2, -0.15) is 0 Å². The molecule has 0 unspecified atom stereocenters. The molecular formula is C23H22Br2N2O3. The van der Waals surface area contributed by atoms with Crippen LogP contribution in [-0.4, -0.2) is 27.4 Å². The lowest BCUT2D eigenvalue weighted by molar-refractivity contribution is -0.122. The van der Waals surface area contributed by atoms with Gasteiger partial charge < -0.3 is 5.32 Å². The van der Waals surface area contributed by atoms with Crippen LogP contribution in [0.5, 0.6) is 0 Å². The number of imide groups is 1. The second-order valence-electron chi connectivity index (χ2n) is 8.11. The van der Waals surface area contributed by atoms with Crippen molar-refractivity contribution in [2.24, 2.45) is 11.8 Å². The maximum absolute atomic E-state index is 12.9. The van der Waals surface area contributed by atoms with Crippen molar-refractivity contribution < 1.29 is 14.4 Å². The van der Waals surface area contributed by atoms with Crippen molar-refractivity contribution in [2.75, 3.05) is 10.2 Å². The fraction of sp³-hybridized carbons (Fsp3) is 0.348. The number of benzene rings is 2. The highest BCUT2D eigenvalue weighted by molar-refractivity contribution is 9.12. The molecule has 2 fully saturated rings. The number of halogens is 2. The third-order valence-electron chi connectivity index (χ3n) is 5.78. The number of alkyl halides is 2. The van der Waals surface area contributed by atoms with Crippen LogP contribution in [0.1, 0.15) is 34.3 Å². The molecule has 1 saturated heterocycles. The summed E-state index contributed by atoms with van der Waals surface area (Å²) in [6.07, 6.45) is 1.27. The van der Waals surface area contributed by atoms with Crippen molar-refractivity contribution in [1.29, 1.82) is 0 Å². The highest BCUT2D eigenvalue weighted by Gasteiger charge is 2.52. The summed E-state index contributed by atoms with van der Waals surface area (Å²) < 4.78 is 0. The zero-order valence-corrected chi connectivity index (χ0v) is 19.9. The molecule has 30 heavy (non-hydrogen) atoms. The number of anilines is 2. The molecule has 0 aromatic heterocycles. The molecule has 4 atom stereocenters. The van der Waals surface area contributed by atoms with Crippen molar-refractivity contribution >= 4 is 61.0 Å². The molecule has 2 aliphatic rings. The number of nitrogens with one attached hydrogen (secondary N) is 1. The van der Waals surface area contributed by atoms with E-state index in [4.69, 9.17) is 0 Å². The molecule has 0 spiro atoms. The number of carbonyl (C=O) groups excluding carboxylic acids is 3. The minimum absolute atomic E-state index is 0.152. The standard InChI is InChI=1S/C23H22Br2N2O3/c1-12-7-13(2)9-15(8-12)26-21(28)14-3-5-16(6-4-14)27-22(29)17-10-19(24)20(25)11-18(17)23(27)30/h3-9,17-20H,10-11H2,1-2H3,(H,26,28)/t17-,18+,19+,20-. The fourth-order valence-corrected chi connectivity index (χ4v) is 5.60. The van der Waals surface area contributed by atoms with Crippen LogP contribution < -0.4 is 10.2 Å².